The summed E-state index contributed by atoms with van der Waals surface area (Å²) in [5.41, 5.74) is 10.9. The minimum Gasteiger partial charge on any atom is -0.489 e. The number of nitrogens with two attached hydrogens (primary N) is 2. The number of halogens is 5. The Bertz CT molecular complexity index is 1350. The molecular weight excluding hydrogens is 548 g/mol. The minimum absolute atomic E-state index is 0. The van der Waals surface area contributed by atoms with Crippen LogP contribution in [0.4, 0.5) is 17.6 Å². The van der Waals surface area contributed by atoms with Crippen LogP contribution in [0.1, 0.15) is 53.7 Å². The Labute approximate surface area is 226 Å². The minimum atomic E-state index is -3.07. The molecule has 3 aromatic rings. The molecule has 1 aliphatic rings. The zero-order chi connectivity index (χ0) is 27.6. The van der Waals surface area contributed by atoms with Gasteiger partial charge in [-0.3, -0.25) is 9.59 Å². The molecule has 5 N–H and O–H groups in total. The van der Waals surface area contributed by atoms with E-state index in [1.807, 2.05) is 0 Å². The zero-order valence-electron chi connectivity index (χ0n) is 20.5. The smallest absolute Gasteiger partial charge is 0.387 e. The molecule has 2 amide bonds. The van der Waals surface area contributed by atoms with Crippen molar-refractivity contribution in [3.8, 4) is 23.0 Å². The fourth-order valence-electron chi connectivity index (χ4n) is 3.60. The highest BCUT2D eigenvalue weighted by atomic mass is 35.5. The first kappa shape index (κ1) is 29.7. The molecule has 0 aliphatic heterocycles. The van der Waals surface area contributed by atoms with Crippen LogP contribution in [0.5, 0.6) is 11.5 Å². The van der Waals surface area contributed by atoms with E-state index in [0.717, 1.165) is 25.0 Å². The molecule has 0 radical (unpaired) electrons. The Morgan fingerprint density at radius 1 is 1.15 bits per heavy atom. The lowest BCUT2D eigenvalue weighted by molar-refractivity contribution is -0.120. The molecule has 1 heterocycles. The summed E-state index contributed by atoms with van der Waals surface area (Å²) in [6, 6.07) is 3.93. The molecule has 210 valence electrons. The third kappa shape index (κ3) is 7.18. The molecule has 1 fully saturated rings. The summed E-state index contributed by atoms with van der Waals surface area (Å²) in [6.45, 7) is -1.26. The average Bonchev–Trinajstić information content (AvgIpc) is 3.56. The molecule has 1 saturated carbocycles. The fraction of sp³-hybridized carbons (Fsp3) is 0.320. The predicted octanol–water partition coefficient (Wildman–Crippen LogP) is 4.41. The highest BCUT2D eigenvalue weighted by Crippen LogP contribution is 2.37. The van der Waals surface area contributed by atoms with Crippen molar-refractivity contribution in [2.75, 3.05) is 6.61 Å². The van der Waals surface area contributed by atoms with Crippen molar-refractivity contribution in [2.45, 2.75) is 38.5 Å². The first-order valence-corrected chi connectivity index (χ1v) is 11.6. The molecular formula is C25H25ClF4N4O5. The number of amides is 2. The van der Waals surface area contributed by atoms with Crippen molar-refractivity contribution in [1.29, 1.82) is 0 Å². The number of alkyl halides is 2. The lowest BCUT2D eigenvalue weighted by atomic mass is 10.0. The monoisotopic (exact) mass is 572 g/mol. The van der Waals surface area contributed by atoms with E-state index in [0.29, 0.717) is 18.6 Å². The van der Waals surface area contributed by atoms with E-state index in [2.05, 4.69) is 15.0 Å². The largest absolute Gasteiger partial charge is 0.489 e. The highest BCUT2D eigenvalue weighted by Gasteiger charge is 2.30. The Balaban J connectivity index is 0.00000420. The van der Waals surface area contributed by atoms with E-state index in [1.165, 1.54) is 25.1 Å². The van der Waals surface area contributed by atoms with Gasteiger partial charge in [-0.05, 0) is 49.9 Å². The van der Waals surface area contributed by atoms with Gasteiger partial charge in [-0.25, -0.2) is 13.8 Å². The maximum absolute atomic E-state index is 14.3. The number of hydrogen-bond acceptors (Lipinski definition) is 7. The lowest BCUT2D eigenvalue weighted by Crippen LogP contribution is -2.38. The standard InChI is InChI=1S/C25H24F4N4O5.ClH/c1-11(30)21-20(23(35)32-19(22(31)34)15-6-5-14(26)9-16(15)27)33-24(38-21)13-4-7-17(37-25(28)29)18(8-13)36-10-12-2-3-12;/h4-9,11-12,19,25H,2-3,10,30H2,1H3,(H2,31,34)(H,32,35);1H/t11-,19+;/m0./s1. The zero-order valence-corrected chi connectivity index (χ0v) is 21.3. The molecule has 1 aromatic heterocycles. The second-order valence-electron chi connectivity index (χ2n) is 8.79. The first-order valence-electron chi connectivity index (χ1n) is 11.6. The molecule has 2 aromatic carbocycles. The van der Waals surface area contributed by atoms with Crippen LogP contribution in [-0.2, 0) is 4.79 Å². The second-order valence-corrected chi connectivity index (χ2v) is 8.79. The van der Waals surface area contributed by atoms with Crippen LogP contribution in [0.25, 0.3) is 11.5 Å². The van der Waals surface area contributed by atoms with Gasteiger partial charge in [0.2, 0.25) is 11.8 Å². The van der Waals surface area contributed by atoms with Crippen molar-refractivity contribution in [3.63, 3.8) is 0 Å². The van der Waals surface area contributed by atoms with Gasteiger partial charge in [0, 0.05) is 17.2 Å². The number of oxazole rings is 1. The van der Waals surface area contributed by atoms with Gasteiger partial charge in [0.25, 0.3) is 5.91 Å². The number of nitrogens with one attached hydrogen (secondary N) is 1. The first-order chi connectivity index (χ1) is 18.0. The molecule has 14 heteroatoms. The van der Waals surface area contributed by atoms with Gasteiger partial charge >= 0.3 is 6.61 Å². The van der Waals surface area contributed by atoms with Crippen LogP contribution in [-0.4, -0.2) is 30.0 Å². The van der Waals surface area contributed by atoms with Crippen molar-refractivity contribution in [2.24, 2.45) is 17.4 Å². The topological polar surface area (TPSA) is 143 Å². The molecule has 9 nitrogen and oxygen atoms in total. The number of hydrogen-bond donors (Lipinski definition) is 3. The fourth-order valence-corrected chi connectivity index (χ4v) is 3.60. The van der Waals surface area contributed by atoms with Crippen LogP contribution in [0.15, 0.2) is 40.8 Å². The summed E-state index contributed by atoms with van der Waals surface area (Å²) in [7, 11) is 0. The van der Waals surface area contributed by atoms with Crippen LogP contribution in [0.2, 0.25) is 0 Å². The van der Waals surface area contributed by atoms with Crippen LogP contribution in [0.3, 0.4) is 0 Å². The van der Waals surface area contributed by atoms with Gasteiger partial charge in [0.05, 0.1) is 12.6 Å². The summed E-state index contributed by atoms with van der Waals surface area (Å²) in [6.07, 6.45) is 1.93. The maximum atomic E-state index is 14.3. The SMILES string of the molecule is C[C@H](N)c1oc(-c2ccc(OC(F)F)c(OCC3CC3)c2)nc1C(=O)N[C@@H](C(N)=O)c1ccc(F)cc1F.Cl. The second kappa shape index (κ2) is 12.3. The summed E-state index contributed by atoms with van der Waals surface area (Å²) in [4.78, 5) is 29.3. The maximum Gasteiger partial charge on any atom is 0.387 e. The summed E-state index contributed by atoms with van der Waals surface area (Å²) < 4.78 is 69.2. The molecule has 0 unspecified atom stereocenters. The third-order valence-corrected chi connectivity index (χ3v) is 5.69. The van der Waals surface area contributed by atoms with E-state index in [4.69, 9.17) is 20.6 Å². The Morgan fingerprint density at radius 3 is 2.46 bits per heavy atom. The number of rotatable bonds is 11. The quantitative estimate of drug-likeness (QED) is 0.289. The van der Waals surface area contributed by atoms with E-state index in [1.54, 1.807) is 0 Å². The number of carbonyl (C=O) groups excluding carboxylic acids is 2. The number of carbonyl (C=O) groups is 2. The Morgan fingerprint density at radius 2 is 1.87 bits per heavy atom. The summed E-state index contributed by atoms with van der Waals surface area (Å²) >= 11 is 0. The number of benzene rings is 2. The molecule has 0 bridgehead atoms. The Hall–Kier alpha value is -3.84. The van der Waals surface area contributed by atoms with Crippen LogP contribution < -0.4 is 26.3 Å². The molecule has 1 aliphatic carbocycles. The van der Waals surface area contributed by atoms with Crippen molar-refractivity contribution in [3.05, 3.63) is 65.1 Å². The third-order valence-electron chi connectivity index (χ3n) is 5.69. The Kier molecular flexibility index (Phi) is 9.41. The van der Waals surface area contributed by atoms with Crippen molar-refractivity contribution >= 4 is 24.2 Å². The molecule has 0 saturated heterocycles. The van der Waals surface area contributed by atoms with Crippen LogP contribution >= 0.6 is 12.4 Å². The van der Waals surface area contributed by atoms with Gasteiger partial charge in [-0.2, -0.15) is 8.78 Å². The van der Waals surface area contributed by atoms with Crippen molar-refractivity contribution in [1.82, 2.24) is 10.3 Å². The van der Waals surface area contributed by atoms with E-state index >= 15 is 0 Å². The predicted molar refractivity (Wildman–Crippen MR) is 132 cm³/mol. The number of ether oxygens (including phenoxy) is 2. The number of primary amides is 1. The summed E-state index contributed by atoms with van der Waals surface area (Å²) in [5.74, 6) is -4.07. The summed E-state index contributed by atoms with van der Waals surface area (Å²) in [5, 5.41) is 2.27. The van der Waals surface area contributed by atoms with E-state index < -0.39 is 42.1 Å². The van der Waals surface area contributed by atoms with Gasteiger partial charge in [0.1, 0.15) is 17.7 Å². The molecule has 0 spiro atoms. The van der Waals surface area contributed by atoms with Gasteiger partial charge < -0.3 is 30.7 Å². The van der Waals surface area contributed by atoms with E-state index in [-0.39, 0.29) is 52.4 Å². The van der Waals surface area contributed by atoms with Crippen LogP contribution in [0, 0.1) is 17.6 Å². The van der Waals surface area contributed by atoms with Gasteiger partial charge in [-0.1, -0.05) is 6.07 Å². The molecule has 4 rings (SSSR count). The van der Waals surface area contributed by atoms with Crippen molar-refractivity contribution < 1.29 is 41.0 Å². The van der Waals surface area contributed by atoms with Gasteiger partial charge in [-0.15, -0.1) is 12.4 Å². The molecule has 2 atom stereocenters. The highest BCUT2D eigenvalue weighted by molar-refractivity contribution is 5.97. The molecule has 39 heavy (non-hydrogen) atoms. The normalized spacial score (nSPS) is 14.3. The van der Waals surface area contributed by atoms with E-state index in [9.17, 15) is 27.2 Å². The lowest BCUT2D eigenvalue weighted by Gasteiger charge is -2.16. The number of nitrogens with zero attached hydrogens (tertiary/aromatic N) is 1. The van der Waals surface area contributed by atoms with Gasteiger partial charge in [0.15, 0.2) is 23.0 Å². The number of aromatic nitrogens is 1. The average molecular weight is 573 g/mol.